The number of benzene rings is 3. The fourth-order valence-electron chi connectivity index (χ4n) is 4.36. The number of ether oxygens (including phenoxy) is 1. The summed E-state index contributed by atoms with van der Waals surface area (Å²) in [7, 11) is 0. The Morgan fingerprint density at radius 3 is 2.45 bits per heavy atom. The minimum Gasteiger partial charge on any atom is -0.493 e. The van der Waals surface area contributed by atoms with Crippen LogP contribution >= 0.6 is 0 Å². The highest BCUT2D eigenvalue weighted by atomic mass is 16.5. The van der Waals surface area contributed by atoms with Crippen molar-refractivity contribution >= 4 is 5.91 Å². The molecule has 0 unspecified atom stereocenters. The molecule has 0 aliphatic rings. The fourth-order valence-corrected chi connectivity index (χ4v) is 4.36. The summed E-state index contributed by atoms with van der Waals surface area (Å²) in [6.07, 6.45) is 2.96. The lowest BCUT2D eigenvalue weighted by molar-refractivity contribution is 0.0942. The van der Waals surface area contributed by atoms with Crippen molar-refractivity contribution in [1.29, 1.82) is 0 Å². The average Bonchev–Trinajstić information content (AvgIpc) is 3.62. The first kappa shape index (κ1) is 26.9. The van der Waals surface area contributed by atoms with Gasteiger partial charge in [-0.2, -0.15) is 5.10 Å². The molecule has 0 fully saturated rings. The summed E-state index contributed by atoms with van der Waals surface area (Å²) in [5.74, 6) is 1.70. The zero-order chi connectivity index (χ0) is 28.1. The zero-order valence-corrected chi connectivity index (χ0v) is 23.3. The highest BCUT2D eigenvalue weighted by Crippen LogP contribution is 2.29. The molecule has 0 radical (unpaired) electrons. The standard InChI is InChI=1S/C33H34N4O3/c1-22(2)16-17-39-30-15-14-26(18-24(30)4)32-27(21-37(35-32)28-8-6-5-7-9-28)20-34-33(38)29-19-31(40-36-29)25-12-10-23(3)11-13-25/h5-15,18-19,21-22H,16-17,20H2,1-4H3,(H,34,38). The minimum atomic E-state index is -0.314. The summed E-state index contributed by atoms with van der Waals surface area (Å²) in [4.78, 5) is 13.0. The van der Waals surface area contributed by atoms with Crippen LogP contribution in [-0.4, -0.2) is 27.5 Å². The van der Waals surface area contributed by atoms with Crippen LogP contribution in [0.2, 0.25) is 0 Å². The molecule has 0 spiro atoms. The fraction of sp³-hybridized carbons (Fsp3) is 0.242. The van der Waals surface area contributed by atoms with Gasteiger partial charge in [0.2, 0.25) is 0 Å². The Morgan fingerprint density at radius 1 is 0.975 bits per heavy atom. The summed E-state index contributed by atoms with van der Waals surface area (Å²) >= 11 is 0. The van der Waals surface area contributed by atoms with Crippen LogP contribution in [0.1, 0.15) is 47.4 Å². The SMILES string of the molecule is Cc1ccc(-c2cc(C(=O)NCc3cn(-c4ccccc4)nc3-c3ccc(OCCC(C)C)c(C)c3)no2)cc1. The highest BCUT2D eigenvalue weighted by Gasteiger charge is 2.18. The van der Waals surface area contributed by atoms with Crippen LogP contribution in [0, 0.1) is 19.8 Å². The smallest absolute Gasteiger partial charge is 0.273 e. The van der Waals surface area contributed by atoms with Gasteiger partial charge in [0.15, 0.2) is 11.5 Å². The number of carbonyl (C=O) groups is 1. The number of hydrogen-bond donors (Lipinski definition) is 1. The van der Waals surface area contributed by atoms with Crippen LogP contribution in [0.3, 0.4) is 0 Å². The second-order valence-corrected chi connectivity index (χ2v) is 10.4. The predicted octanol–water partition coefficient (Wildman–Crippen LogP) is 7.17. The van der Waals surface area contributed by atoms with E-state index in [1.54, 1.807) is 6.07 Å². The van der Waals surface area contributed by atoms with E-state index in [4.69, 9.17) is 14.4 Å². The molecule has 0 aliphatic heterocycles. The molecular formula is C33H34N4O3. The molecule has 0 saturated heterocycles. The molecule has 0 saturated carbocycles. The van der Waals surface area contributed by atoms with Gasteiger partial charge in [-0.25, -0.2) is 4.68 Å². The number of nitrogens with one attached hydrogen (secondary N) is 1. The monoisotopic (exact) mass is 534 g/mol. The Bertz CT molecular complexity index is 1580. The third-order valence-electron chi connectivity index (χ3n) is 6.73. The summed E-state index contributed by atoms with van der Waals surface area (Å²) in [5.41, 5.74) is 6.85. The number of amides is 1. The molecule has 2 aromatic heterocycles. The molecule has 2 heterocycles. The molecule has 0 aliphatic carbocycles. The molecule has 7 nitrogen and oxygen atoms in total. The van der Waals surface area contributed by atoms with Crippen molar-refractivity contribution in [2.24, 2.45) is 5.92 Å². The lowest BCUT2D eigenvalue weighted by Gasteiger charge is -2.12. The van der Waals surface area contributed by atoms with Gasteiger partial charge in [-0.05, 0) is 62.1 Å². The highest BCUT2D eigenvalue weighted by molar-refractivity contribution is 5.93. The van der Waals surface area contributed by atoms with Crippen molar-refractivity contribution in [3.8, 4) is 34.0 Å². The van der Waals surface area contributed by atoms with Gasteiger partial charge in [-0.3, -0.25) is 4.79 Å². The Hall–Kier alpha value is -4.65. The molecule has 204 valence electrons. The van der Waals surface area contributed by atoms with Gasteiger partial charge < -0.3 is 14.6 Å². The van der Waals surface area contributed by atoms with Crippen molar-refractivity contribution < 1.29 is 14.1 Å². The quantitative estimate of drug-likeness (QED) is 0.205. The molecule has 5 rings (SSSR count). The van der Waals surface area contributed by atoms with E-state index in [0.717, 1.165) is 51.4 Å². The largest absolute Gasteiger partial charge is 0.493 e. The third-order valence-corrected chi connectivity index (χ3v) is 6.73. The minimum absolute atomic E-state index is 0.228. The lowest BCUT2D eigenvalue weighted by atomic mass is 10.0. The molecule has 5 aromatic rings. The molecular weight excluding hydrogens is 500 g/mol. The Kier molecular flexibility index (Phi) is 8.10. The van der Waals surface area contributed by atoms with Gasteiger partial charge in [-0.1, -0.05) is 67.0 Å². The maximum atomic E-state index is 13.0. The summed E-state index contributed by atoms with van der Waals surface area (Å²) in [6, 6.07) is 25.6. The van der Waals surface area contributed by atoms with E-state index in [1.807, 2.05) is 91.5 Å². The van der Waals surface area contributed by atoms with Crippen molar-refractivity contribution in [2.45, 2.75) is 40.7 Å². The second kappa shape index (κ2) is 12.0. The van der Waals surface area contributed by atoms with E-state index in [0.29, 0.717) is 18.3 Å². The molecule has 0 atom stereocenters. The number of rotatable bonds is 10. The van der Waals surface area contributed by atoms with Crippen molar-refractivity contribution in [3.63, 3.8) is 0 Å². The van der Waals surface area contributed by atoms with Gasteiger partial charge in [0.25, 0.3) is 5.91 Å². The van der Waals surface area contributed by atoms with E-state index >= 15 is 0 Å². The number of para-hydroxylation sites is 1. The lowest BCUT2D eigenvalue weighted by Crippen LogP contribution is -2.23. The van der Waals surface area contributed by atoms with Crippen LogP contribution in [0.15, 0.2) is 89.6 Å². The predicted molar refractivity (Wildman–Crippen MR) is 157 cm³/mol. The Morgan fingerprint density at radius 2 is 1.73 bits per heavy atom. The van der Waals surface area contributed by atoms with E-state index in [-0.39, 0.29) is 18.1 Å². The molecule has 0 bridgehead atoms. The number of aromatic nitrogens is 3. The molecule has 3 aromatic carbocycles. The number of aryl methyl sites for hydroxylation is 2. The van der Waals surface area contributed by atoms with Crippen LogP contribution in [0.5, 0.6) is 5.75 Å². The zero-order valence-electron chi connectivity index (χ0n) is 23.3. The van der Waals surface area contributed by atoms with Crippen LogP contribution in [0.4, 0.5) is 0 Å². The van der Waals surface area contributed by atoms with Crippen molar-refractivity contribution in [2.75, 3.05) is 6.61 Å². The summed E-state index contributed by atoms with van der Waals surface area (Å²) in [6.45, 7) is 9.40. The number of carbonyl (C=O) groups excluding carboxylic acids is 1. The third kappa shape index (κ3) is 6.31. The normalized spacial score (nSPS) is 11.1. The van der Waals surface area contributed by atoms with Crippen LogP contribution in [-0.2, 0) is 6.54 Å². The van der Waals surface area contributed by atoms with E-state index in [9.17, 15) is 4.79 Å². The first-order chi connectivity index (χ1) is 19.4. The Labute approximate surface area is 234 Å². The molecule has 7 heteroatoms. The van der Waals surface area contributed by atoms with Crippen LogP contribution < -0.4 is 10.1 Å². The van der Waals surface area contributed by atoms with Gasteiger partial charge in [-0.15, -0.1) is 0 Å². The average molecular weight is 535 g/mol. The maximum Gasteiger partial charge on any atom is 0.273 e. The van der Waals surface area contributed by atoms with Gasteiger partial charge in [0.1, 0.15) is 5.75 Å². The topological polar surface area (TPSA) is 82.2 Å². The molecule has 40 heavy (non-hydrogen) atoms. The second-order valence-electron chi connectivity index (χ2n) is 10.4. The molecule has 1 amide bonds. The van der Waals surface area contributed by atoms with Crippen molar-refractivity contribution in [3.05, 3.63) is 107 Å². The number of nitrogens with zero attached hydrogens (tertiary/aromatic N) is 3. The maximum absolute atomic E-state index is 13.0. The van der Waals surface area contributed by atoms with Crippen LogP contribution in [0.25, 0.3) is 28.3 Å². The first-order valence-corrected chi connectivity index (χ1v) is 13.6. The van der Waals surface area contributed by atoms with E-state index in [1.165, 1.54) is 0 Å². The van der Waals surface area contributed by atoms with Gasteiger partial charge >= 0.3 is 0 Å². The first-order valence-electron chi connectivity index (χ1n) is 13.6. The Balaban J connectivity index is 1.37. The summed E-state index contributed by atoms with van der Waals surface area (Å²) < 4.78 is 13.3. The van der Waals surface area contributed by atoms with E-state index in [2.05, 4.69) is 30.4 Å². The molecule has 1 N–H and O–H groups in total. The van der Waals surface area contributed by atoms with Crippen molar-refractivity contribution in [1.82, 2.24) is 20.3 Å². The van der Waals surface area contributed by atoms with Gasteiger partial charge in [0.05, 0.1) is 18.0 Å². The summed E-state index contributed by atoms with van der Waals surface area (Å²) in [5, 5.41) is 11.9. The van der Waals surface area contributed by atoms with Gasteiger partial charge in [0, 0.05) is 35.5 Å². The number of hydrogen-bond acceptors (Lipinski definition) is 5. The van der Waals surface area contributed by atoms with E-state index < -0.39 is 0 Å².